The Bertz CT molecular complexity index is 411. The Hall–Kier alpha value is -1.35. The van der Waals surface area contributed by atoms with Crippen molar-refractivity contribution in [2.24, 2.45) is 5.73 Å². The molecule has 2 N–H and O–H groups in total. The van der Waals surface area contributed by atoms with Crippen LogP contribution in [-0.2, 0) is 0 Å². The van der Waals surface area contributed by atoms with Gasteiger partial charge in [0.25, 0.3) is 0 Å². The highest BCUT2D eigenvalue weighted by Gasteiger charge is 2.14. The maximum Gasteiger partial charge on any atom is 0.164 e. The van der Waals surface area contributed by atoms with Gasteiger partial charge in [-0.3, -0.25) is 4.79 Å². The van der Waals surface area contributed by atoms with Crippen molar-refractivity contribution in [3.05, 3.63) is 28.8 Å². The Morgan fingerprint density at radius 3 is 2.53 bits per heavy atom. The summed E-state index contributed by atoms with van der Waals surface area (Å²) in [6, 6.07) is 3.80. The minimum Gasteiger partial charge on any atom is -0.496 e. The lowest BCUT2D eigenvalue weighted by molar-refractivity contribution is 0.0985. The molecule has 1 rings (SSSR count). The molecule has 1 aromatic rings. The predicted octanol–water partition coefficient (Wildman–Crippen LogP) is 2.66. The lowest BCUT2D eigenvalue weighted by Gasteiger charge is -2.16. The number of nitrogens with two attached hydrogens (primary N) is 1. The van der Waals surface area contributed by atoms with E-state index in [-0.39, 0.29) is 5.78 Å². The van der Waals surface area contributed by atoms with Crippen LogP contribution in [0.2, 0.25) is 0 Å². The van der Waals surface area contributed by atoms with Crippen molar-refractivity contribution in [3.8, 4) is 5.75 Å². The van der Waals surface area contributed by atoms with E-state index in [1.54, 1.807) is 7.11 Å². The Labute approximate surface area is 103 Å². The second-order valence-corrected chi connectivity index (χ2v) is 4.53. The third-order valence-electron chi connectivity index (χ3n) is 2.82. The Kier molecular flexibility index (Phi) is 4.70. The molecule has 0 spiro atoms. The monoisotopic (exact) mass is 235 g/mol. The first-order chi connectivity index (χ1) is 8.01. The predicted molar refractivity (Wildman–Crippen MR) is 69.8 cm³/mol. The third kappa shape index (κ3) is 3.07. The van der Waals surface area contributed by atoms with Crippen LogP contribution in [0.5, 0.6) is 5.75 Å². The molecule has 3 nitrogen and oxygen atoms in total. The molecule has 0 amide bonds. The molecular formula is C14H21NO2. The highest BCUT2D eigenvalue weighted by Crippen LogP contribution is 2.31. The van der Waals surface area contributed by atoms with Gasteiger partial charge in [0.1, 0.15) is 5.75 Å². The molecule has 94 valence electrons. The number of benzene rings is 1. The molecule has 0 saturated carbocycles. The smallest absolute Gasteiger partial charge is 0.164 e. The minimum atomic E-state index is 0.0974. The summed E-state index contributed by atoms with van der Waals surface area (Å²) in [7, 11) is 1.66. The normalized spacial score (nSPS) is 10.7. The van der Waals surface area contributed by atoms with Crippen LogP contribution in [0.25, 0.3) is 0 Å². The van der Waals surface area contributed by atoms with E-state index in [0.717, 1.165) is 22.4 Å². The number of methoxy groups -OCH3 is 1. The molecule has 0 aromatic heterocycles. The van der Waals surface area contributed by atoms with E-state index < -0.39 is 0 Å². The van der Waals surface area contributed by atoms with Gasteiger partial charge in [0, 0.05) is 12.0 Å². The fourth-order valence-electron chi connectivity index (χ4n) is 1.95. The highest BCUT2D eigenvalue weighted by atomic mass is 16.5. The molecule has 17 heavy (non-hydrogen) atoms. The van der Waals surface area contributed by atoms with Gasteiger partial charge in [-0.05, 0) is 42.6 Å². The maximum atomic E-state index is 11.9. The van der Waals surface area contributed by atoms with Crippen molar-refractivity contribution in [3.63, 3.8) is 0 Å². The first kappa shape index (κ1) is 13.7. The Balaban J connectivity index is 3.24. The molecule has 0 saturated heterocycles. The molecule has 0 aliphatic carbocycles. The lowest BCUT2D eigenvalue weighted by Crippen LogP contribution is -2.09. The standard InChI is InChI=1S/C14H21NO2/c1-9(2)12-8-11(13(16)5-6-15)7-10(3)14(12)17-4/h7-9H,5-6,15H2,1-4H3. The van der Waals surface area contributed by atoms with E-state index in [9.17, 15) is 4.79 Å². The van der Waals surface area contributed by atoms with E-state index in [2.05, 4.69) is 13.8 Å². The van der Waals surface area contributed by atoms with Crippen molar-refractivity contribution in [2.45, 2.75) is 33.1 Å². The van der Waals surface area contributed by atoms with Gasteiger partial charge in [0.05, 0.1) is 7.11 Å². The van der Waals surface area contributed by atoms with Gasteiger partial charge in [0.2, 0.25) is 0 Å². The zero-order chi connectivity index (χ0) is 13.0. The van der Waals surface area contributed by atoms with Gasteiger partial charge in [-0.1, -0.05) is 13.8 Å². The number of hydrogen-bond acceptors (Lipinski definition) is 3. The number of ether oxygens (including phenoxy) is 1. The molecule has 3 heteroatoms. The van der Waals surface area contributed by atoms with E-state index >= 15 is 0 Å². The summed E-state index contributed by atoms with van der Waals surface area (Å²) < 4.78 is 5.40. The molecule has 0 aliphatic rings. The number of ketones is 1. The molecule has 0 atom stereocenters. The van der Waals surface area contributed by atoms with Crippen molar-refractivity contribution in [1.29, 1.82) is 0 Å². The van der Waals surface area contributed by atoms with Crippen LogP contribution in [0, 0.1) is 6.92 Å². The quantitative estimate of drug-likeness (QED) is 0.798. The van der Waals surface area contributed by atoms with Crippen LogP contribution in [0.3, 0.4) is 0 Å². The number of aryl methyl sites for hydroxylation is 1. The summed E-state index contributed by atoms with van der Waals surface area (Å²) in [6.45, 7) is 6.54. The van der Waals surface area contributed by atoms with E-state index in [0.29, 0.717) is 18.9 Å². The molecule has 0 aliphatic heterocycles. The van der Waals surface area contributed by atoms with Crippen LogP contribution in [-0.4, -0.2) is 19.4 Å². The molecule has 0 radical (unpaired) electrons. The first-order valence-corrected chi connectivity index (χ1v) is 5.93. The number of carbonyl (C=O) groups is 1. The molecule has 0 unspecified atom stereocenters. The van der Waals surface area contributed by atoms with Crippen LogP contribution < -0.4 is 10.5 Å². The van der Waals surface area contributed by atoms with Crippen molar-refractivity contribution >= 4 is 5.78 Å². The average molecular weight is 235 g/mol. The number of carbonyl (C=O) groups excluding carboxylic acids is 1. The van der Waals surface area contributed by atoms with Crippen molar-refractivity contribution < 1.29 is 9.53 Å². The van der Waals surface area contributed by atoms with Crippen LogP contribution in [0.15, 0.2) is 12.1 Å². The molecule has 0 heterocycles. The average Bonchev–Trinajstić information content (AvgIpc) is 2.28. The second kappa shape index (κ2) is 5.82. The van der Waals surface area contributed by atoms with Gasteiger partial charge in [-0.2, -0.15) is 0 Å². The zero-order valence-electron chi connectivity index (χ0n) is 11.0. The Morgan fingerprint density at radius 1 is 1.41 bits per heavy atom. The summed E-state index contributed by atoms with van der Waals surface area (Å²) in [6.07, 6.45) is 0.392. The zero-order valence-corrected chi connectivity index (χ0v) is 11.0. The highest BCUT2D eigenvalue weighted by molar-refractivity contribution is 5.96. The first-order valence-electron chi connectivity index (χ1n) is 5.93. The topological polar surface area (TPSA) is 52.3 Å². The fraction of sp³-hybridized carbons (Fsp3) is 0.500. The molecular weight excluding hydrogens is 214 g/mol. The van der Waals surface area contributed by atoms with Crippen molar-refractivity contribution in [2.75, 3.05) is 13.7 Å². The van der Waals surface area contributed by atoms with Gasteiger partial charge >= 0.3 is 0 Å². The summed E-state index contributed by atoms with van der Waals surface area (Å²) in [4.78, 5) is 11.9. The summed E-state index contributed by atoms with van der Waals surface area (Å²) in [5.41, 5.74) is 8.22. The van der Waals surface area contributed by atoms with Gasteiger partial charge < -0.3 is 10.5 Å². The third-order valence-corrected chi connectivity index (χ3v) is 2.82. The van der Waals surface area contributed by atoms with Crippen molar-refractivity contribution in [1.82, 2.24) is 0 Å². The maximum absolute atomic E-state index is 11.9. The van der Waals surface area contributed by atoms with E-state index in [4.69, 9.17) is 10.5 Å². The summed E-state index contributed by atoms with van der Waals surface area (Å²) in [5.74, 6) is 1.30. The SMILES string of the molecule is COc1c(C)cc(C(=O)CCN)cc1C(C)C. The second-order valence-electron chi connectivity index (χ2n) is 4.53. The number of rotatable bonds is 5. The minimum absolute atomic E-state index is 0.0974. The molecule has 0 bridgehead atoms. The van der Waals surface area contributed by atoms with Crippen LogP contribution in [0.4, 0.5) is 0 Å². The molecule has 1 aromatic carbocycles. The van der Waals surface area contributed by atoms with Gasteiger partial charge in [0.15, 0.2) is 5.78 Å². The van der Waals surface area contributed by atoms with Crippen LogP contribution in [0.1, 0.15) is 47.7 Å². The van der Waals surface area contributed by atoms with E-state index in [1.165, 1.54) is 0 Å². The van der Waals surface area contributed by atoms with Gasteiger partial charge in [-0.25, -0.2) is 0 Å². The van der Waals surface area contributed by atoms with E-state index in [1.807, 2.05) is 19.1 Å². The number of Topliss-reactive ketones (excluding diaryl/α,β-unsaturated/α-hetero) is 1. The van der Waals surface area contributed by atoms with Gasteiger partial charge in [-0.15, -0.1) is 0 Å². The number of hydrogen-bond donors (Lipinski definition) is 1. The largest absolute Gasteiger partial charge is 0.496 e. The summed E-state index contributed by atoms with van der Waals surface area (Å²) in [5, 5.41) is 0. The summed E-state index contributed by atoms with van der Waals surface area (Å²) >= 11 is 0. The fourth-order valence-corrected chi connectivity index (χ4v) is 1.95. The molecule has 0 fully saturated rings. The lowest BCUT2D eigenvalue weighted by atomic mass is 9.94. The van der Waals surface area contributed by atoms with Crippen LogP contribution >= 0.6 is 0 Å². The Morgan fingerprint density at radius 2 is 2.06 bits per heavy atom.